The third-order valence-electron chi connectivity index (χ3n) is 7.33. The van der Waals surface area contributed by atoms with Gasteiger partial charge in [0, 0.05) is 62.5 Å². The van der Waals surface area contributed by atoms with E-state index in [1.54, 1.807) is 15.9 Å². The molecule has 2 N–H and O–H groups in total. The fraction of sp³-hybridized carbons (Fsp3) is 0.516. The Bertz CT molecular complexity index is 1250. The number of ether oxygens (including phenoxy) is 1. The lowest BCUT2D eigenvalue weighted by Gasteiger charge is -2.35. The first-order valence-corrected chi connectivity index (χ1v) is 14.3. The molecule has 1 unspecified atom stereocenters. The first kappa shape index (κ1) is 30.5. The van der Waals surface area contributed by atoms with Gasteiger partial charge in [0.15, 0.2) is 0 Å². The molecular weight excluding hydrogens is 525 g/mol. The van der Waals surface area contributed by atoms with E-state index in [1.165, 1.54) is 12.1 Å². The molecule has 0 bridgehead atoms. The van der Waals surface area contributed by atoms with E-state index in [1.807, 2.05) is 58.9 Å². The molecule has 222 valence electrons. The number of amides is 4. The summed E-state index contributed by atoms with van der Waals surface area (Å²) in [4.78, 5) is 44.0. The smallest absolute Gasteiger partial charge is 0.322 e. The van der Waals surface area contributed by atoms with Gasteiger partial charge in [-0.25, -0.2) is 9.18 Å². The third-order valence-corrected chi connectivity index (χ3v) is 7.33. The summed E-state index contributed by atoms with van der Waals surface area (Å²) in [5.41, 5.74) is 1.63. The van der Waals surface area contributed by atoms with Crippen LogP contribution in [0.25, 0.3) is 0 Å². The molecule has 41 heavy (non-hydrogen) atoms. The van der Waals surface area contributed by atoms with Crippen LogP contribution in [0.3, 0.4) is 0 Å². The molecule has 0 spiro atoms. The van der Waals surface area contributed by atoms with Gasteiger partial charge in [-0.2, -0.15) is 0 Å². The molecule has 2 aromatic carbocycles. The number of halogens is 1. The van der Waals surface area contributed by atoms with Gasteiger partial charge in [-0.15, -0.1) is 0 Å². The number of urea groups is 1. The number of piperazine rings is 1. The van der Waals surface area contributed by atoms with Crippen molar-refractivity contribution in [2.24, 2.45) is 5.92 Å². The minimum Gasteiger partial charge on any atom is -0.374 e. The molecule has 9 nitrogen and oxygen atoms in total. The second-order valence-electron chi connectivity index (χ2n) is 12.2. The Morgan fingerprint density at radius 3 is 2.37 bits per heavy atom. The molecule has 0 aromatic heterocycles. The van der Waals surface area contributed by atoms with Crippen LogP contribution in [0.2, 0.25) is 0 Å². The van der Waals surface area contributed by atoms with E-state index in [0.717, 1.165) is 5.56 Å². The predicted octanol–water partition coefficient (Wildman–Crippen LogP) is 4.20. The number of nitrogens with zero attached hydrogens (tertiary/aromatic N) is 3. The van der Waals surface area contributed by atoms with E-state index in [-0.39, 0.29) is 46.7 Å². The lowest BCUT2D eigenvalue weighted by atomic mass is 10.1. The Balaban J connectivity index is 1.29. The van der Waals surface area contributed by atoms with Crippen LogP contribution >= 0.6 is 0 Å². The summed E-state index contributed by atoms with van der Waals surface area (Å²) in [5, 5.41) is 5.62. The van der Waals surface area contributed by atoms with Crippen LogP contribution in [-0.2, 0) is 11.3 Å². The Hall–Kier alpha value is -3.50. The highest BCUT2D eigenvalue weighted by atomic mass is 19.1. The van der Waals surface area contributed by atoms with E-state index in [2.05, 4.69) is 15.5 Å². The summed E-state index contributed by atoms with van der Waals surface area (Å²) < 4.78 is 20.6. The van der Waals surface area contributed by atoms with E-state index in [0.29, 0.717) is 58.0 Å². The fourth-order valence-corrected chi connectivity index (χ4v) is 4.98. The van der Waals surface area contributed by atoms with Gasteiger partial charge in [0.05, 0.1) is 18.4 Å². The first-order chi connectivity index (χ1) is 19.4. The van der Waals surface area contributed by atoms with Gasteiger partial charge in [0.25, 0.3) is 11.8 Å². The van der Waals surface area contributed by atoms with Crippen molar-refractivity contribution < 1.29 is 23.5 Å². The second kappa shape index (κ2) is 13.0. The number of hydrogen-bond acceptors (Lipinski definition) is 5. The van der Waals surface area contributed by atoms with Crippen LogP contribution in [0, 0.1) is 11.7 Å². The minimum atomic E-state index is -0.646. The van der Waals surface area contributed by atoms with Gasteiger partial charge in [-0.3, -0.25) is 14.5 Å². The maximum atomic E-state index is 14.9. The highest BCUT2D eigenvalue weighted by Gasteiger charge is 2.27. The van der Waals surface area contributed by atoms with Gasteiger partial charge >= 0.3 is 6.03 Å². The van der Waals surface area contributed by atoms with Crippen LogP contribution in [-0.4, -0.2) is 90.1 Å². The monoisotopic (exact) mass is 567 g/mol. The van der Waals surface area contributed by atoms with Crippen molar-refractivity contribution in [1.82, 2.24) is 20.0 Å². The normalized spacial score (nSPS) is 18.4. The Morgan fingerprint density at radius 2 is 1.71 bits per heavy atom. The fourth-order valence-electron chi connectivity index (χ4n) is 4.98. The molecular formula is C31H42FN5O4. The van der Waals surface area contributed by atoms with Crippen LogP contribution in [0.4, 0.5) is 14.9 Å². The lowest BCUT2D eigenvalue weighted by molar-refractivity contribution is -0.0355. The van der Waals surface area contributed by atoms with Gasteiger partial charge in [0.1, 0.15) is 5.82 Å². The van der Waals surface area contributed by atoms with Crippen molar-refractivity contribution in [2.45, 2.75) is 52.8 Å². The zero-order chi connectivity index (χ0) is 29.7. The quantitative estimate of drug-likeness (QED) is 0.546. The van der Waals surface area contributed by atoms with Crippen LogP contribution < -0.4 is 10.6 Å². The number of rotatable bonds is 6. The minimum absolute atomic E-state index is 0.0439. The van der Waals surface area contributed by atoms with E-state index in [9.17, 15) is 18.8 Å². The standard InChI is InChI=1S/C31H42FN5O4/c1-21(2)27-20-37(15-16-41-27)30(40)33-26-10-9-24(18-25(26)32)29(39)36-13-11-35(12-14-36)19-22-7-6-8-23(17-22)28(38)34-31(3,4)5/h6-10,17-18,21,27H,11-16,19-20H2,1-5H3,(H,33,40)(H,34,38). The van der Waals surface area contributed by atoms with E-state index < -0.39 is 5.82 Å². The lowest BCUT2D eigenvalue weighted by Crippen LogP contribution is -2.49. The SMILES string of the molecule is CC(C)C1CN(C(=O)Nc2ccc(C(=O)N3CCN(Cc4cccc(C(=O)NC(C)(C)C)c4)CC3)cc2F)CCO1. The summed E-state index contributed by atoms with van der Waals surface area (Å²) in [6.07, 6.45) is -0.0510. The van der Waals surface area contributed by atoms with Crippen molar-refractivity contribution in [3.05, 3.63) is 65.0 Å². The number of anilines is 1. The van der Waals surface area contributed by atoms with Crippen molar-refractivity contribution >= 4 is 23.5 Å². The number of carbonyl (C=O) groups excluding carboxylic acids is 3. The zero-order valence-electron chi connectivity index (χ0n) is 24.7. The maximum absolute atomic E-state index is 14.9. The van der Waals surface area contributed by atoms with Crippen LogP contribution in [0.1, 0.15) is 60.9 Å². The van der Waals surface area contributed by atoms with Crippen LogP contribution in [0.15, 0.2) is 42.5 Å². The van der Waals surface area contributed by atoms with Gasteiger partial charge in [-0.05, 0) is 62.6 Å². The summed E-state index contributed by atoms with van der Waals surface area (Å²) in [6.45, 7) is 14.3. The van der Waals surface area contributed by atoms with Crippen LogP contribution in [0.5, 0.6) is 0 Å². The Morgan fingerprint density at radius 1 is 0.976 bits per heavy atom. The summed E-state index contributed by atoms with van der Waals surface area (Å²) in [5.74, 6) is -0.720. The van der Waals surface area contributed by atoms with Gasteiger partial charge in [0.2, 0.25) is 0 Å². The molecule has 4 rings (SSSR count). The molecule has 2 aromatic rings. The molecule has 2 fully saturated rings. The molecule has 0 saturated carbocycles. The Kier molecular flexibility index (Phi) is 9.65. The third kappa shape index (κ3) is 8.27. The average molecular weight is 568 g/mol. The summed E-state index contributed by atoms with van der Waals surface area (Å²) in [6, 6.07) is 11.4. The van der Waals surface area contributed by atoms with Crippen molar-refractivity contribution in [3.8, 4) is 0 Å². The summed E-state index contributed by atoms with van der Waals surface area (Å²) in [7, 11) is 0. The topological polar surface area (TPSA) is 94.2 Å². The molecule has 0 aliphatic carbocycles. The highest BCUT2D eigenvalue weighted by Crippen LogP contribution is 2.20. The number of morpholine rings is 1. The van der Waals surface area contributed by atoms with Gasteiger partial charge < -0.3 is 25.2 Å². The van der Waals surface area contributed by atoms with E-state index in [4.69, 9.17) is 4.74 Å². The number of hydrogen-bond donors (Lipinski definition) is 2. The first-order valence-electron chi connectivity index (χ1n) is 14.3. The molecule has 1 atom stereocenters. The molecule has 2 aliphatic heterocycles. The molecule has 2 saturated heterocycles. The largest absolute Gasteiger partial charge is 0.374 e. The maximum Gasteiger partial charge on any atom is 0.322 e. The highest BCUT2D eigenvalue weighted by molar-refractivity contribution is 5.96. The number of benzene rings is 2. The van der Waals surface area contributed by atoms with Crippen molar-refractivity contribution in [1.29, 1.82) is 0 Å². The Labute approximate surface area is 242 Å². The average Bonchev–Trinajstić information content (AvgIpc) is 2.93. The molecule has 2 heterocycles. The predicted molar refractivity (Wildman–Crippen MR) is 156 cm³/mol. The summed E-state index contributed by atoms with van der Waals surface area (Å²) >= 11 is 0. The molecule has 0 radical (unpaired) electrons. The molecule has 2 aliphatic rings. The number of carbonyl (C=O) groups is 3. The van der Waals surface area contributed by atoms with Gasteiger partial charge in [-0.1, -0.05) is 26.0 Å². The number of nitrogens with one attached hydrogen (secondary N) is 2. The molecule has 10 heteroatoms. The molecule has 4 amide bonds. The van der Waals surface area contributed by atoms with Crippen molar-refractivity contribution in [3.63, 3.8) is 0 Å². The van der Waals surface area contributed by atoms with Crippen molar-refractivity contribution in [2.75, 3.05) is 51.2 Å². The zero-order valence-corrected chi connectivity index (χ0v) is 24.7. The second-order valence-corrected chi connectivity index (χ2v) is 12.2. The van der Waals surface area contributed by atoms with E-state index >= 15 is 0 Å².